The molecule has 1 aromatic rings. The summed E-state index contributed by atoms with van der Waals surface area (Å²) in [6.45, 7) is 2.38. The van der Waals surface area contributed by atoms with Crippen molar-refractivity contribution in [1.82, 2.24) is 4.37 Å². The van der Waals surface area contributed by atoms with Gasteiger partial charge in [-0.15, -0.1) is 0 Å². The average Bonchev–Trinajstić information content (AvgIpc) is 2.73. The molecule has 0 radical (unpaired) electrons. The summed E-state index contributed by atoms with van der Waals surface area (Å²) in [6, 6.07) is 2.53. The van der Waals surface area contributed by atoms with Gasteiger partial charge in [-0.2, -0.15) is 4.37 Å². The maximum absolute atomic E-state index is 5.72. The Morgan fingerprint density at radius 1 is 1.26 bits per heavy atom. The van der Waals surface area contributed by atoms with Gasteiger partial charge in [0.15, 0.2) is 0 Å². The molecule has 0 aromatic carbocycles. The Morgan fingerprint density at radius 2 is 1.84 bits per heavy atom. The van der Waals surface area contributed by atoms with Crippen LogP contribution in [0.25, 0.3) is 0 Å². The zero-order chi connectivity index (χ0) is 13.0. The molecule has 1 heterocycles. The first kappa shape index (κ1) is 12.0. The predicted octanol–water partition coefficient (Wildman–Crippen LogP) is 3.74. The van der Waals surface area contributed by atoms with Crippen molar-refractivity contribution in [2.24, 2.45) is 23.2 Å². The SMILES string of the molecule is CC(Nc1cc(N)ns1)C12CC3CC(CC(C3)C1)C2. The highest BCUT2D eigenvalue weighted by atomic mass is 32.1. The fourth-order valence-corrected chi connectivity index (χ4v) is 6.09. The smallest absolute Gasteiger partial charge is 0.139 e. The molecule has 1 atom stereocenters. The molecule has 0 spiro atoms. The quantitative estimate of drug-likeness (QED) is 0.885. The molecule has 1 aromatic heterocycles. The average molecular weight is 277 g/mol. The molecule has 4 fully saturated rings. The summed E-state index contributed by atoms with van der Waals surface area (Å²) < 4.78 is 4.17. The third-order valence-electron chi connectivity index (χ3n) is 5.89. The molecule has 19 heavy (non-hydrogen) atoms. The molecule has 3 N–H and O–H groups in total. The Labute approximate surface area is 119 Å². The highest BCUT2D eigenvalue weighted by Crippen LogP contribution is 2.61. The third-order valence-corrected chi connectivity index (χ3v) is 6.63. The molecule has 4 heteroatoms. The van der Waals surface area contributed by atoms with Crippen LogP contribution in [-0.4, -0.2) is 10.4 Å². The lowest BCUT2D eigenvalue weighted by Gasteiger charge is -2.59. The molecule has 5 rings (SSSR count). The molecule has 4 bridgehead atoms. The fourth-order valence-electron chi connectivity index (χ4n) is 5.43. The van der Waals surface area contributed by atoms with Gasteiger partial charge in [0.25, 0.3) is 0 Å². The minimum absolute atomic E-state index is 0.549. The number of hydrogen-bond acceptors (Lipinski definition) is 4. The first-order valence-corrected chi connectivity index (χ1v) is 8.39. The first-order chi connectivity index (χ1) is 9.13. The summed E-state index contributed by atoms with van der Waals surface area (Å²) in [4.78, 5) is 0. The Morgan fingerprint density at radius 3 is 2.32 bits per heavy atom. The van der Waals surface area contributed by atoms with E-state index in [2.05, 4.69) is 16.6 Å². The van der Waals surface area contributed by atoms with Crippen molar-refractivity contribution in [3.8, 4) is 0 Å². The van der Waals surface area contributed by atoms with Crippen molar-refractivity contribution in [3.05, 3.63) is 6.07 Å². The maximum Gasteiger partial charge on any atom is 0.139 e. The van der Waals surface area contributed by atoms with E-state index in [1.807, 2.05) is 6.07 Å². The van der Waals surface area contributed by atoms with E-state index in [0.717, 1.165) is 22.8 Å². The van der Waals surface area contributed by atoms with Crippen LogP contribution in [0.2, 0.25) is 0 Å². The van der Waals surface area contributed by atoms with Gasteiger partial charge < -0.3 is 11.1 Å². The van der Waals surface area contributed by atoms with Gasteiger partial charge in [-0.1, -0.05) is 0 Å². The lowest BCUT2D eigenvalue weighted by Crippen LogP contribution is -2.52. The second-order valence-corrected chi connectivity index (χ2v) is 8.07. The summed E-state index contributed by atoms with van der Waals surface area (Å²) in [5.41, 5.74) is 6.27. The monoisotopic (exact) mass is 277 g/mol. The number of aromatic nitrogens is 1. The van der Waals surface area contributed by atoms with Crippen molar-refractivity contribution in [1.29, 1.82) is 0 Å². The van der Waals surface area contributed by atoms with Crippen LogP contribution in [0.4, 0.5) is 10.8 Å². The van der Waals surface area contributed by atoms with Gasteiger partial charge >= 0.3 is 0 Å². The lowest BCUT2D eigenvalue weighted by atomic mass is 9.48. The normalized spacial score (nSPS) is 41.4. The highest BCUT2D eigenvalue weighted by Gasteiger charge is 2.53. The number of anilines is 2. The van der Waals surface area contributed by atoms with Crippen LogP contribution in [0.15, 0.2) is 6.07 Å². The van der Waals surface area contributed by atoms with Crippen LogP contribution in [-0.2, 0) is 0 Å². The van der Waals surface area contributed by atoms with E-state index in [9.17, 15) is 0 Å². The summed E-state index contributed by atoms with van der Waals surface area (Å²) in [7, 11) is 0. The topological polar surface area (TPSA) is 50.9 Å². The molecule has 4 aliphatic rings. The minimum Gasteiger partial charge on any atom is -0.383 e. The number of nitrogen functional groups attached to an aromatic ring is 1. The summed E-state index contributed by atoms with van der Waals surface area (Å²) in [5.74, 6) is 3.69. The molecule has 0 saturated heterocycles. The summed E-state index contributed by atoms with van der Waals surface area (Å²) >= 11 is 1.50. The number of hydrogen-bond donors (Lipinski definition) is 2. The van der Waals surface area contributed by atoms with Crippen molar-refractivity contribution in [2.75, 3.05) is 11.1 Å². The van der Waals surface area contributed by atoms with Crippen LogP contribution >= 0.6 is 11.5 Å². The van der Waals surface area contributed by atoms with E-state index >= 15 is 0 Å². The molecule has 0 aliphatic heterocycles. The zero-order valence-electron chi connectivity index (χ0n) is 11.6. The third kappa shape index (κ3) is 1.95. The Hall–Kier alpha value is -0.770. The van der Waals surface area contributed by atoms with Gasteiger partial charge in [0.2, 0.25) is 0 Å². The largest absolute Gasteiger partial charge is 0.383 e. The van der Waals surface area contributed by atoms with Crippen LogP contribution in [0.1, 0.15) is 45.4 Å². The van der Waals surface area contributed by atoms with Crippen molar-refractivity contribution in [2.45, 2.75) is 51.5 Å². The van der Waals surface area contributed by atoms with Gasteiger partial charge in [0.05, 0.1) is 0 Å². The van der Waals surface area contributed by atoms with Crippen molar-refractivity contribution < 1.29 is 0 Å². The maximum atomic E-state index is 5.72. The predicted molar refractivity (Wildman–Crippen MR) is 80.2 cm³/mol. The molecule has 104 valence electrons. The van der Waals surface area contributed by atoms with E-state index < -0.39 is 0 Å². The van der Waals surface area contributed by atoms with Gasteiger partial charge in [0.1, 0.15) is 10.8 Å². The van der Waals surface area contributed by atoms with Gasteiger partial charge in [-0.25, -0.2) is 0 Å². The van der Waals surface area contributed by atoms with E-state index in [-0.39, 0.29) is 0 Å². The second-order valence-electron chi connectivity index (χ2n) is 7.26. The van der Waals surface area contributed by atoms with Gasteiger partial charge in [-0.05, 0) is 80.1 Å². The molecule has 4 aliphatic carbocycles. The van der Waals surface area contributed by atoms with Crippen molar-refractivity contribution in [3.63, 3.8) is 0 Å². The fraction of sp³-hybridized carbons (Fsp3) is 0.800. The summed E-state index contributed by atoms with van der Waals surface area (Å²) in [5, 5.41) is 4.84. The molecular weight excluding hydrogens is 254 g/mol. The Balaban J connectivity index is 1.54. The van der Waals surface area contributed by atoms with Gasteiger partial charge in [-0.3, -0.25) is 0 Å². The van der Waals surface area contributed by atoms with E-state index in [1.54, 1.807) is 0 Å². The number of rotatable bonds is 3. The molecule has 3 nitrogen and oxygen atoms in total. The molecule has 4 saturated carbocycles. The second kappa shape index (κ2) is 4.11. The standard InChI is InChI=1S/C15H23N3S/c1-9(17-14-5-13(16)18-19-14)15-6-10-2-11(7-15)4-12(3-10)8-15/h5,9-12,17H,2-4,6-8H2,1H3,(H2,16,18). The van der Waals surface area contributed by atoms with Crippen LogP contribution in [0, 0.1) is 23.2 Å². The molecular formula is C15H23N3S. The summed E-state index contributed by atoms with van der Waals surface area (Å²) in [6.07, 6.45) is 8.88. The van der Waals surface area contributed by atoms with Gasteiger partial charge in [0, 0.05) is 12.1 Å². The van der Waals surface area contributed by atoms with Crippen LogP contribution in [0.3, 0.4) is 0 Å². The van der Waals surface area contributed by atoms with Crippen LogP contribution < -0.4 is 11.1 Å². The van der Waals surface area contributed by atoms with E-state index in [1.165, 1.54) is 50.1 Å². The first-order valence-electron chi connectivity index (χ1n) is 7.62. The zero-order valence-corrected chi connectivity index (χ0v) is 12.4. The Bertz CT molecular complexity index is 446. The highest BCUT2D eigenvalue weighted by molar-refractivity contribution is 7.10. The number of nitrogens with two attached hydrogens (primary N) is 1. The molecule has 0 amide bonds. The van der Waals surface area contributed by atoms with E-state index in [4.69, 9.17) is 5.73 Å². The van der Waals surface area contributed by atoms with E-state index in [0.29, 0.717) is 17.3 Å². The van der Waals surface area contributed by atoms with Crippen LogP contribution in [0.5, 0.6) is 0 Å². The minimum atomic E-state index is 0.549. The Kier molecular flexibility index (Phi) is 2.60. The lowest BCUT2D eigenvalue weighted by molar-refractivity contribution is -0.0602. The number of nitrogens with one attached hydrogen (secondary N) is 1. The van der Waals surface area contributed by atoms with Crippen molar-refractivity contribution >= 4 is 22.4 Å². The number of nitrogens with zero attached hydrogens (tertiary/aromatic N) is 1. The molecule has 1 unspecified atom stereocenters.